The molecular formula is C25H31ClN6OS. The van der Waals surface area contributed by atoms with Gasteiger partial charge in [0.05, 0.1) is 21.4 Å². The number of hydrazine groups is 2. The van der Waals surface area contributed by atoms with Crippen molar-refractivity contribution in [1.82, 2.24) is 20.4 Å². The van der Waals surface area contributed by atoms with Crippen LogP contribution in [0.4, 0.5) is 11.4 Å². The van der Waals surface area contributed by atoms with E-state index < -0.39 is 0 Å². The molecule has 3 heterocycles. The monoisotopic (exact) mass is 498 g/mol. The molecule has 0 aliphatic carbocycles. The molecule has 2 aliphatic rings. The normalized spacial score (nSPS) is 17.6. The Balaban J connectivity index is 1.63. The first-order valence-corrected chi connectivity index (χ1v) is 12.3. The number of allylic oxidation sites excluding steroid dienone is 3. The van der Waals surface area contributed by atoms with Gasteiger partial charge in [-0.05, 0) is 44.2 Å². The summed E-state index contributed by atoms with van der Waals surface area (Å²) < 4.78 is 2.13. The molecule has 1 aromatic carbocycles. The van der Waals surface area contributed by atoms with Gasteiger partial charge in [-0.25, -0.2) is 0 Å². The quantitative estimate of drug-likeness (QED) is 0.396. The molecule has 0 radical (unpaired) electrons. The van der Waals surface area contributed by atoms with Gasteiger partial charge < -0.3 is 10.3 Å². The van der Waals surface area contributed by atoms with Crippen molar-refractivity contribution in [2.75, 3.05) is 36.1 Å². The molecule has 0 unspecified atom stereocenters. The molecule has 2 aromatic rings. The number of hydrogen-bond donors (Lipinski definition) is 3. The molecule has 2 aliphatic heterocycles. The van der Waals surface area contributed by atoms with Crippen molar-refractivity contribution in [2.45, 2.75) is 26.3 Å². The molecule has 9 heteroatoms. The van der Waals surface area contributed by atoms with Crippen molar-refractivity contribution >= 4 is 35.6 Å². The van der Waals surface area contributed by atoms with E-state index in [4.69, 9.17) is 11.6 Å². The third-order valence-corrected chi connectivity index (χ3v) is 6.31. The Hall–Kier alpha value is -2.65. The van der Waals surface area contributed by atoms with Crippen LogP contribution in [0.15, 0.2) is 81.9 Å². The molecule has 7 nitrogen and oxygen atoms in total. The van der Waals surface area contributed by atoms with Crippen molar-refractivity contribution in [3.05, 3.63) is 87.4 Å². The average molecular weight is 499 g/mol. The van der Waals surface area contributed by atoms with Gasteiger partial charge in [-0.2, -0.15) is 0 Å². The SMILES string of the molecule is CC(C)N1CCN(c2cc(-n3ccccc3=O)ccc2N2C=C(C/C=C/C=C(\S)Cl)NN2)CC1. The van der Waals surface area contributed by atoms with E-state index in [0.29, 0.717) is 10.4 Å². The first-order valence-electron chi connectivity index (χ1n) is 11.5. The van der Waals surface area contributed by atoms with Gasteiger partial charge in [0.15, 0.2) is 0 Å². The van der Waals surface area contributed by atoms with Gasteiger partial charge in [0.1, 0.15) is 0 Å². The number of hydrogen-bond acceptors (Lipinski definition) is 7. The maximum atomic E-state index is 12.5. The van der Waals surface area contributed by atoms with E-state index in [1.807, 2.05) is 41.7 Å². The van der Waals surface area contributed by atoms with Crippen LogP contribution in [0.25, 0.3) is 5.69 Å². The van der Waals surface area contributed by atoms with Crippen LogP contribution in [-0.4, -0.2) is 41.7 Å². The number of aromatic nitrogens is 1. The van der Waals surface area contributed by atoms with Crippen LogP contribution >= 0.6 is 24.2 Å². The number of piperazine rings is 1. The number of anilines is 2. The van der Waals surface area contributed by atoms with Gasteiger partial charge in [0, 0.05) is 62.8 Å². The first-order chi connectivity index (χ1) is 16.4. The molecule has 0 saturated carbocycles. The van der Waals surface area contributed by atoms with E-state index in [9.17, 15) is 4.79 Å². The highest BCUT2D eigenvalue weighted by atomic mass is 35.5. The van der Waals surface area contributed by atoms with Crippen molar-refractivity contribution in [2.24, 2.45) is 0 Å². The number of thiol groups is 1. The Labute approximate surface area is 211 Å². The summed E-state index contributed by atoms with van der Waals surface area (Å²) in [5.41, 5.74) is 10.4. The topological polar surface area (TPSA) is 55.8 Å². The molecule has 180 valence electrons. The second-order valence-electron chi connectivity index (χ2n) is 8.58. The Kier molecular flexibility index (Phi) is 8.05. The summed E-state index contributed by atoms with van der Waals surface area (Å²) in [4.78, 5) is 17.3. The summed E-state index contributed by atoms with van der Waals surface area (Å²) in [6, 6.07) is 11.9. The molecule has 0 spiro atoms. The highest BCUT2D eigenvalue weighted by Crippen LogP contribution is 2.33. The molecule has 1 fully saturated rings. The second kappa shape index (κ2) is 11.2. The zero-order valence-corrected chi connectivity index (χ0v) is 21.1. The fraction of sp³-hybridized carbons (Fsp3) is 0.320. The largest absolute Gasteiger partial charge is 0.367 e. The number of rotatable bonds is 7. The zero-order valence-electron chi connectivity index (χ0n) is 19.5. The second-order valence-corrected chi connectivity index (χ2v) is 9.73. The zero-order chi connectivity index (χ0) is 24.1. The average Bonchev–Trinajstić information content (AvgIpc) is 3.30. The van der Waals surface area contributed by atoms with Crippen LogP contribution in [0.2, 0.25) is 0 Å². The molecule has 0 amide bonds. The first kappa shape index (κ1) is 24.5. The lowest BCUT2D eigenvalue weighted by Gasteiger charge is -2.39. The van der Waals surface area contributed by atoms with E-state index in [1.54, 1.807) is 22.8 Å². The molecular weight excluding hydrogens is 468 g/mol. The third-order valence-electron chi connectivity index (χ3n) is 6.03. The highest BCUT2D eigenvalue weighted by molar-refractivity contribution is 7.86. The molecule has 4 rings (SSSR count). The Morgan fingerprint density at radius 2 is 1.94 bits per heavy atom. The van der Waals surface area contributed by atoms with Crippen LogP contribution < -0.4 is 26.4 Å². The van der Waals surface area contributed by atoms with E-state index in [0.717, 1.165) is 55.4 Å². The standard InChI is InChI=1S/C25H31ClN6OS/c1-19(2)29-13-15-30(16-14-29)23-17-21(31-12-6-5-9-25(31)33)10-11-22(23)32-18-20(27-28-32)7-3-4-8-24(26)34/h3-6,8-12,17-19,27-28,34H,7,13-16H2,1-2H3/b4-3+,24-8-. The minimum absolute atomic E-state index is 0.0453. The Bertz CT molecular complexity index is 1150. The van der Waals surface area contributed by atoms with Crippen LogP contribution in [0.1, 0.15) is 20.3 Å². The number of halogens is 1. The number of pyridine rings is 1. The van der Waals surface area contributed by atoms with Crippen LogP contribution in [0, 0.1) is 0 Å². The predicted molar refractivity (Wildman–Crippen MR) is 144 cm³/mol. The van der Waals surface area contributed by atoms with E-state index >= 15 is 0 Å². The van der Waals surface area contributed by atoms with Crippen molar-refractivity contribution < 1.29 is 0 Å². The van der Waals surface area contributed by atoms with E-state index in [2.05, 4.69) is 59.4 Å². The number of nitrogens with zero attached hydrogens (tertiary/aromatic N) is 4. The smallest absolute Gasteiger partial charge is 0.255 e. The van der Waals surface area contributed by atoms with Gasteiger partial charge >= 0.3 is 0 Å². The molecule has 34 heavy (non-hydrogen) atoms. The lowest BCUT2D eigenvalue weighted by molar-refractivity contribution is 0.209. The molecule has 0 atom stereocenters. The van der Waals surface area contributed by atoms with Crippen LogP contribution in [0.5, 0.6) is 0 Å². The molecule has 2 N–H and O–H groups in total. The summed E-state index contributed by atoms with van der Waals surface area (Å²) in [5.74, 6) is 0. The summed E-state index contributed by atoms with van der Waals surface area (Å²) in [6.45, 7) is 8.34. The van der Waals surface area contributed by atoms with Gasteiger partial charge in [-0.1, -0.05) is 29.8 Å². The fourth-order valence-corrected chi connectivity index (χ4v) is 4.33. The van der Waals surface area contributed by atoms with Crippen molar-refractivity contribution in [3.8, 4) is 5.69 Å². The van der Waals surface area contributed by atoms with Gasteiger partial charge in [0.2, 0.25) is 0 Å². The van der Waals surface area contributed by atoms with E-state index in [1.165, 1.54) is 0 Å². The fourth-order valence-electron chi connectivity index (χ4n) is 4.17. The minimum Gasteiger partial charge on any atom is -0.367 e. The summed E-state index contributed by atoms with van der Waals surface area (Å²) in [7, 11) is 0. The highest BCUT2D eigenvalue weighted by Gasteiger charge is 2.24. The van der Waals surface area contributed by atoms with Crippen molar-refractivity contribution in [3.63, 3.8) is 0 Å². The summed E-state index contributed by atoms with van der Waals surface area (Å²) in [5, 5.41) is 1.99. The maximum Gasteiger partial charge on any atom is 0.255 e. The number of nitrogens with one attached hydrogen (secondary N) is 2. The van der Waals surface area contributed by atoms with E-state index in [-0.39, 0.29) is 5.56 Å². The van der Waals surface area contributed by atoms with Crippen LogP contribution in [0.3, 0.4) is 0 Å². The van der Waals surface area contributed by atoms with Crippen molar-refractivity contribution in [1.29, 1.82) is 0 Å². The van der Waals surface area contributed by atoms with Gasteiger partial charge in [0.25, 0.3) is 5.56 Å². The maximum absolute atomic E-state index is 12.5. The lowest BCUT2D eigenvalue weighted by atomic mass is 10.1. The predicted octanol–water partition coefficient (Wildman–Crippen LogP) is 3.99. The number of benzene rings is 1. The Morgan fingerprint density at radius 1 is 1.15 bits per heavy atom. The Morgan fingerprint density at radius 3 is 2.65 bits per heavy atom. The third kappa shape index (κ3) is 5.88. The molecule has 1 aromatic heterocycles. The molecule has 0 bridgehead atoms. The van der Waals surface area contributed by atoms with Gasteiger partial charge in [-0.15, -0.1) is 18.2 Å². The lowest BCUT2D eigenvalue weighted by Crippen LogP contribution is -2.49. The van der Waals surface area contributed by atoms with Crippen LogP contribution in [-0.2, 0) is 0 Å². The summed E-state index contributed by atoms with van der Waals surface area (Å²) >= 11 is 9.81. The minimum atomic E-state index is -0.0453. The summed E-state index contributed by atoms with van der Waals surface area (Å²) in [6.07, 6.45) is 10.2. The molecule has 1 saturated heterocycles. The van der Waals surface area contributed by atoms with Gasteiger partial charge in [-0.3, -0.25) is 19.3 Å².